The van der Waals surface area contributed by atoms with Gasteiger partial charge in [0, 0.05) is 6.42 Å². The Morgan fingerprint density at radius 2 is 0.909 bits per heavy atom. The number of phosphoric acid groups is 1. The van der Waals surface area contributed by atoms with E-state index in [-0.39, 0.29) is 19.1 Å². The average molecular weight is 940 g/mol. The molecule has 3 atom stereocenters. The van der Waals surface area contributed by atoms with E-state index in [9.17, 15) is 19.4 Å². The zero-order chi connectivity index (χ0) is 48.5. The molecule has 378 valence electrons. The maximum Gasteiger partial charge on any atom is 0.472 e. The van der Waals surface area contributed by atoms with Crippen LogP contribution in [0.25, 0.3) is 0 Å². The lowest BCUT2D eigenvalue weighted by atomic mass is 10.0. The van der Waals surface area contributed by atoms with Crippen LogP contribution in [0.15, 0.2) is 109 Å². The van der Waals surface area contributed by atoms with Gasteiger partial charge in [0.05, 0.1) is 39.9 Å². The first-order chi connectivity index (χ1) is 32.0. The summed E-state index contributed by atoms with van der Waals surface area (Å²) >= 11 is 0. The maximum atomic E-state index is 12.8. The number of amides is 1. The first-order valence-electron chi connectivity index (χ1n) is 26.3. The molecule has 0 saturated heterocycles. The first-order valence-corrected chi connectivity index (χ1v) is 27.7. The minimum absolute atomic E-state index is 0.0685. The number of phosphoric ester groups is 1. The van der Waals surface area contributed by atoms with Gasteiger partial charge in [0.25, 0.3) is 0 Å². The quantitative estimate of drug-likeness (QED) is 0.0243. The van der Waals surface area contributed by atoms with E-state index in [0.29, 0.717) is 23.9 Å². The normalized spacial score (nSPS) is 15.0. The van der Waals surface area contributed by atoms with Gasteiger partial charge in [-0.15, -0.1) is 0 Å². The van der Waals surface area contributed by atoms with Crippen molar-refractivity contribution in [3.63, 3.8) is 0 Å². The van der Waals surface area contributed by atoms with Gasteiger partial charge in [-0.05, 0) is 83.5 Å². The summed E-state index contributed by atoms with van der Waals surface area (Å²) in [6, 6.07) is -0.764. The number of unbranched alkanes of at least 4 members (excludes halogenated alkanes) is 15. The molecule has 0 saturated carbocycles. The smallest absolute Gasteiger partial charge is 0.391 e. The van der Waals surface area contributed by atoms with Crippen molar-refractivity contribution in [2.75, 3.05) is 40.9 Å². The number of carbonyl (C=O) groups excluding carboxylic acids is 1. The number of rotatable bonds is 46. The average Bonchev–Trinajstić information content (AvgIpc) is 3.27. The largest absolute Gasteiger partial charge is 0.472 e. The lowest BCUT2D eigenvalue weighted by Gasteiger charge is -2.26. The maximum absolute atomic E-state index is 12.8. The molecule has 8 nitrogen and oxygen atoms in total. The van der Waals surface area contributed by atoms with Crippen LogP contribution in [-0.2, 0) is 18.4 Å². The fraction of sp³-hybridized carbons (Fsp3) is 0.667. The van der Waals surface area contributed by atoms with Gasteiger partial charge < -0.3 is 19.8 Å². The highest BCUT2D eigenvalue weighted by atomic mass is 31.2. The number of quaternary nitrogens is 1. The van der Waals surface area contributed by atoms with Crippen LogP contribution in [0.4, 0.5) is 0 Å². The van der Waals surface area contributed by atoms with Crippen molar-refractivity contribution in [3.8, 4) is 0 Å². The first kappa shape index (κ1) is 63.2. The topological polar surface area (TPSA) is 105 Å². The number of aliphatic hydroxyl groups is 1. The molecule has 0 aromatic rings. The van der Waals surface area contributed by atoms with E-state index in [1.54, 1.807) is 0 Å². The molecule has 0 fully saturated rings. The third-order valence-corrected chi connectivity index (χ3v) is 12.0. The van der Waals surface area contributed by atoms with Gasteiger partial charge in [0.2, 0.25) is 5.91 Å². The molecule has 0 aromatic heterocycles. The molecule has 1 amide bonds. The van der Waals surface area contributed by atoms with Crippen LogP contribution in [0.2, 0.25) is 0 Å². The van der Waals surface area contributed by atoms with Gasteiger partial charge in [0.15, 0.2) is 0 Å². The minimum Gasteiger partial charge on any atom is -0.391 e. The molecule has 9 heteroatoms. The Balaban J connectivity index is 3.90. The second kappa shape index (κ2) is 47.2. The Morgan fingerprint density at radius 1 is 0.530 bits per heavy atom. The van der Waals surface area contributed by atoms with Gasteiger partial charge in [-0.3, -0.25) is 13.8 Å². The molecule has 3 N–H and O–H groups in total. The predicted molar refractivity (Wildman–Crippen MR) is 285 cm³/mol. The molecule has 0 spiro atoms. The zero-order valence-corrected chi connectivity index (χ0v) is 43.8. The van der Waals surface area contributed by atoms with Crippen LogP contribution in [0.5, 0.6) is 0 Å². The Labute approximate surface area is 406 Å². The number of nitrogens with zero attached hydrogens (tertiary/aromatic N) is 1. The highest BCUT2D eigenvalue weighted by Crippen LogP contribution is 2.43. The summed E-state index contributed by atoms with van der Waals surface area (Å²) in [4.78, 5) is 23.0. The van der Waals surface area contributed by atoms with Crippen molar-refractivity contribution in [1.82, 2.24) is 5.32 Å². The van der Waals surface area contributed by atoms with E-state index in [1.807, 2.05) is 21.1 Å². The fourth-order valence-electron chi connectivity index (χ4n) is 6.92. The number of hydrogen-bond donors (Lipinski definition) is 3. The molecule has 0 aliphatic rings. The van der Waals surface area contributed by atoms with Crippen LogP contribution in [0, 0.1) is 0 Å². The Morgan fingerprint density at radius 3 is 1.33 bits per heavy atom. The van der Waals surface area contributed by atoms with E-state index in [2.05, 4.69) is 129 Å². The predicted octanol–water partition coefficient (Wildman–Crippen LogP) is 15.6. The van der Waals surface area contributed by atoms with Crippen LogP contribution in [0.1, 0.15) is 194 Å². The molecule has 0 aliphatic carbocycles. The van der Waals surface area contributed by atoms with Crippen molar-refractivity contribution in [3.05, 3.63) is 109 Å². The molecule has 0 aromatic carbocycles. The monoisotopic (exact) mass is 940 g/mol. The summed E-state index contributed by atoms with van der Waals surface area (Å²) in [5.41, 5.74) is 0. The van der Waals surface area contributed by atoms with E-state index >= 15 is 0 Å². The Kier molecular flexibility index (Phi) is 45.2. The van der Waals surface area contributed by atoms with Crippen molar-refractivity contribution >= 4 is 13.7 Å². The van der Waals surface area contributed by atoms with Crippen molar-refractivity contribution < 1.29 is 32.9 Å². The van der Waals surface area contributed by atoms with Gasteiger partial charge >= 0.3 is 7.82 Å². The van der Waals surface area contributed by atoms with Gasteiger partial charge in [-0.25, -0.2) is 4.57 Å². The van der Waals surface area contributed by atoms with Crippen LogP contribution in [0.3, 0.4) is 0 Å². The van der Waals surface area contributed by atoms with Crippen molar-refractivity contribution in [2.24, 2.45) is 0 Å². The Hall–Kier alpha value is -2.84. The van der Waals surface area contributed by atoms with Crippen LogP contribution in [-0.4, -0.2) is 73.4 Å². The SMILES string of the molecule is CC/C=C\C/C=C\C/C=C\C/C=C\C/C=C\C/C=C\C/C=C\C/C=C\C/C=C\CCCCCCCCCCCCCC(=O)NC(COP(=O)(O)OCC[N+](C)(C)C)C(O)CCCCCCC. The summed E-state index contributed by atoms with van der Waals surface area (Å²) in [5, 5.41) is 13.8. The molecule has 0 bridgehead atoms. The molecule has 66 heavy (non-hydrogen) atoms. The van der Waals surface area contributed by atoms with Gasteiger partial charge in [-0.1, -0.05) is 213 Å². The summed E-state index contributed by atoms with van der Waals surface area (Å²) in [5.74, 6) is -0.160. The summed E-state index contributed by atoms with van der Waals surface area (Å²) in [6.45, 7) is 4.66. The van der Waals surface area contributed by atoms with Crippen molar-refractivity contribution in [2.45, 2.75) is 206 Å². The Bertz CT molecular complexity index is 1440. The standard InChI is InChI=1S/C57H99N2O6P/c1-6-8-10-12-13-14-15-16-17-18-19-20-21-22-23-24-25-26-27-28-29-30-31-32-33-34-35-36-37-38-39-40-41-42-43-44-45-47-49-51-57(61)58-55(56(60)50-48-46-11-9-7-2)54-65-66(62,63)64-53-52-59(3,4)5/h8,10,13-14,16-17,19-20,22-23,25-26,28-29,31-32,34-35,55-56,60H,6-7,9,11-12,15,18,21,24,27,30,33,36-54H2,1-5H3,(H-,58,61,62,63)/p+1/b10-8-,14-13-,17-16-,20-19-,23-22-,26-25-,29-28-,32-31-,35-34-. The molecule has 0 radical (unpaired) electrons. The van der Waals surface area contributed by atoms with E-state index in [0.717, 1.165) is 109 Å². The molecule has 0 heterocycles. The summed E-state index contributed by atoms with van der Waals surface area (Å²) < 4.78 is 23.5. The lowest BCUT2D eigenvalue weighted by Crippen LogP contribution is -2.46. The second-order valence-corrected chi connectivity index (χ2v) is 20.0. The van der Waals surface area contributed by atoms with E-state index in [1.165, 1.54) is 57.8 Å². The van der Waals surface area contributed by atoms with Crippen LogP contribution >= 0.6 is 7.82 Å². The fourth-order valence-corrected chi connectivity index (χ4v) is 7.66. The van der Waals surface area contributed by atoms with Gasteiger partial charge in [-0.2, -0.15) is 0 Å². The molecule has 0 aliphatic heterocycles. The molecule has 0 rings (SSSR count). The van der Waals surface area contributed by atoms with E-state index in [4.69, 9.17) is 9.05 Å². The number of hydrogen-bond acceptors (Lipinski definition) is 5. The van der Waals surface area contributed by atoms with Crippen LogP contribution < -0.4 is 5.32 Å². The number of allylic oxidation sites excluding steroid dienone is 18. The number of carbonyl (C=O) groups is 1. The number of likely N-dealkylation sites (N-methyl/N-ethyl adjacent to an activating group) is 1. The third-order valence-electron chi connectivity index (χ3n) is 11.0. The zero-order valence-electron chi connectivity index (χ0n) is 42.9. The van der Waals surface area contributed by atoms with E-state index < -0.39 is 20.0 Å². The van der Waals surface area contributed by atoms with Crippen molar-refractivity contribution in [1.29, 1.82) is 0 Å². The third kappa shape index (κ3) is 49.1. The number of aliphatic hydroxyl groups excluding tert-OH is 1. The highest BCUT2D eigenvalue weighted by Gasteiger charge is 2.28. The second-order valence-electron chi connectivity index (χ2n) is 18.5. The molecular weight excluding hydrogens is 840 g/mol. The lowest BCUT2D eigenvalue weighted by molar-refractivity contribution is -0.870. The minimum atomic E-state index is -4.31. The number of nitrogens with one attached hydrogen (secondary N) is 1. The van der Waals surface area contributed by atoms with Gasteiger partial charge in [0.1, 0.15) is 13.2 Å². The summed E-state index contributed by atoms with van der Waals surface area (Å²) in [6.07, 6.45) is 69.1. The molecular formula is C57H100N2O6P+. The molecule has 3 unspecified atom stereocenters. The summed E-state index contributed by atoms with van der Waals surface area (Å²) in [7, 11) is 1.59. The highest BCUT2D eigenvalue weighted by molar-refractivity contribution is 7.47.